The summed E-state index contributed by atoms with van der Waals surface area (Å²) in [5.41, 5.74) is 5.10. The van der Waals surface area contributed by atoms with Gasteiger partial charge < -0.3 is 15.2 Å². The Kier molecular flexibility index (Phi) is 6.84. The lowest BCUT2D eigenvalue weighted by atomic mass is 10.2. The van der Waals surface area contributed by atoms with Crippen LogP contribution in [0.3, 0.4) is 0 Å². The standard InChI is InChI=1S/C14H19N3O5/c1-3-22-13(20)10-4-6-11(7-5-10)15-14(21)17-16-12(19)8-9(2)18/h4-7,9,18H,3,8H2,1-2H3,(H,16,19)(H2,15,17,21)/t9-/m1/s1. The zero-order chi connectivity index (χ0) is 16.5. The largest absolute Gasteiger partial charge is 0.462 e. The summed E-state index contributed by atoms with van der Waals surface area (Å²) in [4.78, 5) is 34.2. The van der Waals surface area contributed by atoms with Crippen molar-refractivity contribution in [2.45, 2.75) is 26.4 Å². The van der Waals surface area contributed by atoms with Crippen molar-refractivity contribution in [1.82, 2.24) is 10.9 Å². The summed E-state index contributed by atoms with van der Waals surface area (Å²) >= 11 is 0. The number of carbonyl (C=O) groups is 3. The van der Waals surface area contributed by atoms with Crippen LogP contribution in [0.5, 0.6) is 0 Å². The van der Waals surface area contributed by atoms with Crippen LogP contribution < -0.4 is 16.2 Å². The molecule has 0 saturated heterocycles. The quantitative estimate of drug-likeness (QED) is 0.474. The fraction of sp³-hybridized carbons (Fsp3) is 0.357. The minimum absolute atomic E-state index is 0.117. The number of hydrogen-bond acceptors (Lipinski definition) is 5. The van der Waals surface area contributed by atoms with E-state index in [1.54, 1.807) is 6.92 Å². The van der Waals surface area contributed by atoms with Gasteiger partial charge in [0.15, 0.2) is 0 Å². The normalized spacial score (nSPS) is 11.2. The van der Waals surface area contributed by atoms with Crippen molar-refractivity contribution in [3.8, 4) is 0 Å². The van der Waals surface area contributed by atoms with E-state index in [4.69, 9.17) is 9.84 Å². The van der Waals surface area contributed by atoms with Gasteiger partial charge in [0, 0.05) is 5.69 Å². The SMILES string of the molecule is CCOC(=O)c1ccc(NC(=O)NNC(=O)C[C@@H](C)O)cc1. The van der Waals surface area contributed by atoms with Gasteiger partial charge in [0.2, 0.25) is 5.91 Å². The topological polar surface area (TPSA) is 117 Å². The van der Waals surface area contributed by atoms with Crippen LogP contribution >= 0.6 is 0 Å². The molecule has 0 fully saturated rings. The second kappa shape index (κ2) is 8.63. The highest BCUT2D eigenvalue weighted by molar-refractivity contribution is 5.93. The molecule has 8 heteroatoms. The monoisotopic (exact) mass is 309 g/mol. The average molecular weight is 309 g/mol. The highest BCUT2D eigenvalue weighted by Gasteiger charge is 2.09. The van der Waals surface area contributed by atoms with E-state index >= 15 is 0 Å². The van der Waals surface area contributed by atoms with Gasteiger partial charge in [-0.15, -0.1) is 0 Å². The molecule has 4 N–H and O–H groups in total. The number of rotatable bonds is 5. The summed E-state index contributed by atoms with van der Waals surface area (Å²) in [5, 5.41) is 11.5. The summed E-state index contributed by atoms with van der Waals surface area (Å²) in [5.74, 6) is -0.952. The number of anilines is 1. The van der Waals surface area contributed by atoms with E-state index in [2.05, 4.69) is 16.2 Å². The molecule has 1 atom stereocenters. The number of benzene rings is 1. The van der Waals surface area contributed by atoms with Crippen molar-refractivity contribution in [3.63, 3.8) is 0 Å². The number of hydrazine groups is 1. The molecular formula is C14H19N3O5. The molecule has 0 heterocycles. The van der Waals surface area contributed by atoms with E-state index in [9.17, 15) is 14.4 Å². The molecule has 1 aromatic rings. The molecule has 0 bridgehead atoms. The Bertz CT molecular complexity index is 528. The maximum atomic E-state index is 11.5. The lowest BCUT2D eigenvalue weighted by Gasteiger charge is -2.10. The number of urea groups is 1. The molecule has 8 nitrogen and oxygen atoms in total. The highest BCUT2D eigenvalue weighted by atomic mass is 16.5. The van der Waals surface area contributed by atoms with Crippen LogP contribution in [-0.4, -0.2) is 35.7 Å². The van der Waals surface area contributed by atoms with Crippen LogP contribution in [-0.2, 0) is 9.53 Å². The molecule has 0 radical (unpaired) electrons. The van der Waals surface area contributed by atoms with E-state index in [1.807, 2.05) is 0 Å². The molecule has 1 rings (SSSR count). The first-order valence-corrected chi connectivity index (χ1v) is 6.73. The second-order valence-electron chi connectivity index (χ2n) is 4.48. The second-order valence-corrected chi connectivity index (χ2v) is 4.48. The van der Waals surface area contributed by atoms with Crippen LogP contribution in [0.1, 0.15) is 30.6 Å². The van der Waals surface area contributed by atoms with Gasteiger partial charge >= 0.3 is 12.0 Å². The molecule has 1 aromatic carbocycles. The van der Waals surface area contributed by atoms with E-state index in [1.165, 1.54) is 31.2 Å². The Morgan fingerprint density at radius 3 is 2.36 bits per heavy atom. The van der Waals surface area contributed by atoms with Gasteiger partial charge in [0.05, 0.1) is 24.7 Å². The van der Waals surface area contributed by atoms with Gasteiger partial charge in [-0.25, -0.2) is 15.0 Å². The Morgan fingerprint density at radius 1 is 1.18 bits per heavy atom. The zero-order valence-corrected chi connectivity index (χ0v) is 12.4. The molecule has 0 aliphatic rings. The Hall–Kier alpha value is -2.61. The summed E-state index contributed by atoms with van der Waals surface area (Å²) in [7, 11) is 0. The van der Waals surface area contributed by atoms with Crippen LogP contribution in [0, 0.1) is 0 Å². The van der Waals surface area contributed by atoms with Crippen LogP contribution in [0.25, 0.3) is 0 Å². The molecule has 120 valence electrons. The number of carbonyl (C=O) groups excluding carboxylic acids is 3. The minimum atomic E-state index is -0.791. The molecule has 0 aromatic heterocycles. The maximum Gasteiger partial charge on any atom is 0.338 e. The first kappa shape index (κ1) is 17.4. The third-order valence-corrected chi connectivity index (χ3v) is 2.45. The lowest BCUT2D eigenvalue weighted by Crippen LogP contribution is -2.44. The average Bonchev–Trinajstić information content (AvgIpc) is 2.45. The maximum absolute atomic E-state index is 11.5. The molecule has 0 aliphatic carbocycles. The van der Waals surface area contributed by atoms with Crippen molar-refractivity contribution < 1.29 is 24.2 Å². The summed E-state index contributed by atoms with van der Waals surface area (Å²) in [6, 6.07) is 5.44. The third-order valence-electron chi connectivity index (χ3n) is 2.45. The van der Waals surface area contributed by atoms with Gasteiger partial charge in [-0.05, 0) is 38.1 Å². The number of nitrogens with one attached hydrogen (secondary N) is 3. The van der Waals surface area contributed by atoms with E-state index in [0.717, 1.165) is 0 Å². The zero-order valence-electron chi connectivity index (χ0n) is 12.4. The predicted octanol–water partition coefficient (Wildman–Crippen LogP) is 0.787. The Morgan fingerprint density at radius 2 is 1.82 bits per heavy atom. The molecule has 22 heavy (non-hydrogen) atoms. The number of esters is 1. The van der Waals surface area contributed by atoms with E-state index < -0.39 is 24.0 Å². The smallest absolute Gasteiger partial charge is 0.338 e. The number of aliphatic hydroxyl groups excluding tert-OH is 1. The van der Waals surface area contributed by atoms with Crippen molar-refractivity contribution in [2.24, 2.45) is 0 Å². The lowest BCUT2D eigenvalue weighted by molar-refractivity contribution is -0.123. The van der Waals surface area contributed by atoms with Crippen molar-refractivity contribution in [3.05, 3.63) is 29.8 Å². The van der Waals surface area contributed by atoms with Crippen molar-refractivity contribution in [1.29, 1.82) is 0 Å². The predicted molar refractivity (Wildman–Crippen MR) is 79.0 cm³/mol. The van der Waals surface area contributed by atoms with Gasteiger partial charge in [0.25, 0.3) is 0 Å². The van der Waals surface area contributed by atoms with Gasteiger partial charge in [-0.3, -0.25) is 10.2 Å². The first-order valence-electron chi connectivity index (χ1n) is 6.73. The number of ether oxygens (including phenoxy) is 1. The molecule has 0 saturated carbocycles. The van der Waals surface area contributed by atoms with Gasteiger partial charge in [0.1, 0.15) is 0 Å². The third kappa shape index (κ3) is 6.23. The minimum Gasteiger partial charge on any atom is -0.462 e. The fourth-order valence-electron chi connectivity index (χ4n) is 1.51. The Balaban J connectivity index is 2.45. The summed E-state index contributed by atoms with van der Waals surface area (Å²) in [6.07, 6.45) is -0.908. The summed E-state index contributed by atoms with van der Waals surface area (Å²) in [6.45, 7) is 3.46. The van der Waals surface area contributed by atoms with Gasteiger partial charge in [-0.2, -0.15) is 0 Å². The highest BCUT2D eigenvalue weighted by Crippen LogP contribution is 2.10. The van der Waals surface area contributed by atoms with E-state index in [-0.39, 0.29) is 13.0 Å². The summed E-state index contributed by atoms with van der Waals surface area (Å²) < 4.78 is 4.84. The van der Waals surface area contributed by atoms with Crippen LogP contribution in [0.15, 0.2) is 24.3 Å². The van der Waals surface area contributed by atoms with Crippen molar-refractivity contribution in [2.75, 3.05) is 11.9 Å². The number of amides is 3. The van der Waals surface area contributed by atoms with Crippen LogP contribution in [0.4, 0.5) is 10.5 Å². The Labute approximate surface area is 127 Å². The molecule has 0 unspecified atom stereocenters. The first-order chi connectivity index (χ1) is 10.4. The fourth-order valence-corrected chi connectivity index (χ4v) is 1.51. The molecule has 0 spiro atoms. The number of hydrogen-bond donors (Lipinski definition) is 4. The van der Waals surface area contributed by atoms with Crippen molar-refractivity contribution >= 4 is 23.6 Å². The van der Waals surface area contributed by atoms with E-state index in [0.29, 0.717) is 11.3 Å². The number of aliphatic hydroxyl groups is 1. The molecule has 0 aliphatic heterocycles. The molecular weight excluding hydrogens is 290 g/mol. The van der Waals surface area contributed by atoms with Gasteiger partial charge in [-0.1, -0.05) is 0 Å². The van der Waals surface area contributed by atoms with Crippen LogP contribution in [0.2, 0.25) is 0 Å². The molecule has 3 amide bonds.